The molecule has 0 aliphatic heterocycles. The van der Waals surface area contributed by atoms with Crippen LogP contribution in [0.5, 0.6) is 5.88 Å². The molecule has 0 atom stereocenters. The van der Waals surface area contributed by atoms with Crippen molar-refractivity contribution in [2.75, 3.05) is 6.61 Å². The number of nitrogens with zero attached hydrogens (tertiary/aromatic N) is 1. The van der Waals surface area contributed by atoms with E-state index in [9.17, 15) is 0 Å². The summed E-state index contributed by atoms with van der Waals surface area (Å²) in [5.41, 5.74) is 0.965. The molecule has 3 heteroatoms. The summed E-state index contributed by atoms with van der Waals surface area (Å²) in [6, 6.07) is 3.85. The van der Waals surface area contributed by atoms with E-state index in [2.05, 4.69) is 34.8 Å². The summed E-state index contributed by atoms with van der Waals surface area (Å²) in [5.74, 6) is 1.39. The Morgan fingerprint density at radius 2 is 2.14 bits per heavy atom. The first kappa shape index (κ1) is 11.5. The van der Waals surface area contributed by atoms with Crippen LogP contribution < -0.4 is 4.74 Å². The standard InChI is InChI=1S/C11H16BrNO/c1-8(2)6-7-14-11-5-4-10(12)9(3)13-11/h4-5,8H,6-7H2,1-3H3. The molecular weight excluding hydrogens is 242 g/mol. The molecule has 1 aromatic heterocycles. The lowest BCUT2D eigenvalue weighted by Crippen LogP contribution is -2.03. The highest BCUT2D eigenvalue weighted by Crippen LogP contribution is 2.17. The van der Waals surface area contributed by atoms with Crippen molar-refractivity contribution in [1.29, 1.82) is 0 Å². The van der Waals surface area contributed by atoms with Crippen molar-refractivity contribution < 1.29 is 4.74 Å². The van der Waals surface area contributed by atoms with E-state index in [1.165, 1.54) is 0 Å². The van der Waals surface area contributed by atoms with Gasteiger partial charge in [-0.1, -0.05) is 13.8 Å². The van der Waals surface area contributed by atoms with E-state index in [1.54, 1.807) is 0 Å². The number of aryl methyl sites for hydroxylation is 1. The van der Waals surface area contributed by atoms with Crippen LogP contribution in [0.1, 0.15) is 26.0 Å². The number of aromatic nitrogens is 1. The first-order chi connectivity index (χ1) is 6.59. The van der Waals surface area contributed by atoms with Crippen molar-refractivity contribution >= 4 is 15.9 Å². The third kappa shape index (κ3) is 3.66. The Bertz CT molecular complexity index is 299. The number of ether oxygens (including phenoxy) is 1. The van der Waals surface area contributed by atoms with Gasteiger partial charge in [-0.05, 0) is 41.3 Å². The van der Waals surface area contributed by atoms with E-state index in [-0.39, 0.29) is 0 Å². The molecule has 0 amide bonds. The second-order valence-corrected chi connectivity index (χ2v) is 4.60. The van der Waals surface area contributed by atoms with Crippen LogP contribution in [-0.4, -0.2) is 11.6 Å². The lowest BCUT2D eigenvalue weighted by Gasteiger charge is -2.07. The molecule has 0 aromatic carbocycles. The van der Waals surface area contributed by atoms with Crippen molar-refractivity contribution in [2.45, 2.75) is 27.2 Å². The molecule has 78 valence electrons. The number of hydrogen-bond donors (Lipinski definition) is 0. The topological polar surface area (TPSA) is 22.1 Å². The minimum atomic E-state index is 0.673. The van der Waals surface area contributed by atoms with Crippen LogP contribution in [0.2, 0.25) is 0 Å². The van der Waals surface area contributed by atoms with Gasteiger partial charge in [0.25, 0.3) is 0 Å². The van der Waals surface area contributed by atoms with Gasteiger partial charge in [0, 0.05) is 10.5 Å². The lowest BCUT2D eigenvalue weighted by molar-refractivity contribution is 0.279. The average molecular weight is 258 g/mol. The number of hydrogen-bond acceptors (Lipinski definition) is 2. The zero-order chi connectivity index (χ0) is 10.6. The molecule has 0 radical (unpaired) electrons. The van der Waals surface area contributed by atoms with Crippen molar-refractivity contribution in [1.82, 2.24) is 4.98 Å². The zero-order valence-corrected chi connectivity index (χ0v) is 10.5. The molecule has 0 aliphatic rings. The fraction of sp³-hybridized carbons (Fsp3) is 0.545. The SMILES string of the molecule is Cc1nc(OCCC(C)C)ccc1Br. The Kier molecular flexibility index (Phi) is 4.39. The fourth-order valence-corrected chi connectivity index (χ4v) is 1.22. The van der Waals surface area contributed by atoms with Gasteiger partial charge in [-0.25, -0.2) is 4.98 Å². The van der Waals surface area contributed by atoms with Crippen LogP contribution in [0.4, 0.5) is 0 Å². The van der Waals surface area contributed by atoms with Gasteiger partial charge < -0.3 is 4.74 Å². The molecule has 0 N–H and O–H groups in total. The largest absolute Gasteiger partial charge is 0.478 e. The number of halogens is 1. The molecule has 1 aromatic rings. The Labute approximate surface area is 93.8 Å². The minimum absolute atomic E-state index is 0.673. The molecule has 0 fully saturated rings. The van der Waals surface area contributed by atoms with Gasteiger partial charge in [-0.15, -0.1) is 0 Å². The van der Waals surface area contributed by atoms with Crippen LogP contribution in [0.25, 0.3) is 0 Å². The lowest BCUT2D eigenvalue weighted by atomic mass is 10.1. The Morgan fingerprint density at radius 3 is 2.71 bits per heavy atom. The van der Waals surface area contributed by atoms with Gasteiger partial charge in [0.15, 0.2) is 0 Å². The summed E-state index contributed by atoms with van der Waals surface area (Å²) in [6.45, 7) is 7.07. The second kappa shape index (κ2) is 5.35. The Morgan fingerprint density at radius 1 is 1.43 bits per heavy atom. The molecule has 1 rings (SSSR count). The first-order valence-corrected chi connectivity index (χ1v) is 5.65. The summed E-state index contributed by atoms with van der Waals surface area (Å²) in [6.07, 6.45) is 1.07. The fourth-order valence-electron chi connectivity index (χ4n) is 1.00. The highest BCUT2D eigenvalue weighted by molar-refractivity contribution is 9.10. The normalized spacial score (nSPS) is 10.6. The van der Waals surface area contributed by atoms with Crippen molar-refractivity contribution in [3.05, 3.63) is 22.3 Å². The van der Waals surface area contributed by atoms with E-state index >= 15 is 0 Å². The maximum atomic E-state index is 5.52. The van der Waals surface area contributed by atoms with Crippen LogP contribution in [-0.2, 0) is 0 Å². The third-order valence-corrected chi connectivity index (χ3v) is 2.78. The molecule has 1 heterocycles. The van der Waals surface area contributed by atoms with Crippen molar-refractivity contribution in [3.8, 4) is 5.88 Å². The summed E-state index contributed by atoms with van der Waals surface area (Å²) < 4.78 is 6.54. The number of pyridine rings is 1. The van der Waals surface area contributed by atoms with Gasteiger partial charge in [-0.2, -0.15) is 0 Å². The van der Waals surface area contributed by atoms with Crippen LogP contribution >= 0.6 is 15.9 Å². The molecule has 0 saturated heterocycles. The zero-order valence-electron chi connectivity index (χ0n) is 8.88. The average Bonchev–Trinajstić information content (AvgIpc) is 2.10. The number of rotatable bonds is 4. The maximum absolute atomic E-state index is 5.52. The quantitative estimate of drug-likeness (QED) is 0.823. The highest BCUT2D eigenvalue weighted by Gasteiger charge is 2.00. The van der Waals surface area contributed by atoms with Gasteiger partial charge >= 0.3 is 0 Å². The molecule has 0 aliphatic carbocycles. The maximum Gasteiger partial charge on any atom is 0.213 e. The Hall–Kier alpha value is -0.570. The Balaban J connectivity index is 2.47. The van der Waals surface area contributed by atoms with Gasteiger partial charge in [0.2, 0.25) is 5.88 Å². The molecule has 0 bridgehead atoms. The van der Waals surface area contributed by atoms with Crippen LogP contribution in [0.3, 0.4) is 0 Å². The van der Waals surface area contributed by atoms with E-state index < -0.39 is 0 Å². The molecule has 2 nitrogen and oxygen atoms in total. The minimum Gasteiger partial charge on any atom is -0.478 e. The monoisotopic (exact) mass is 257 g/mol. The highest BCUT2D eigenvalue weighted by atomic mass is 79.9. The van der Waals surface area contributed by atoms with Gasteiger partial charge in [0.1, 0.15) is 0 Å². The van der Waals surface area contributed by atoms with E-state index in [4.69, 9.17) is 4.74 Å². The van der Waals surface area contributed by atoms with Crippen LogP contribution in [0.15, 0.2) is 16.6 Å². The predicted octanol–water partition coefficient (Wildman–Crippen LogP) is 3.58. The third-order valence-electron chi connectivity index (χ3n) is 1.94. The van der Waals surface area contributed by atoms with Gasteiger partial charge in [-0.3, -0.25) is 0 Å². The van der Waals surface area contributed by atoms with E-state index in [0.29, 0.717) is 11.8 Å². The van der Waals surface area contributed by atoms with Crippen LogP contribution in [0, 0.1) is 12.8 Å². The van der Waals surface area contributed by atoms with Gasteiger partial charge in [0.05, 0.1) is 12.3 Å². The molecule has 0 unspecified atom stereocenters. The summed E-state index contributed by atoms with van der Waals surface area (Å²) in [7, 11) is 0. The smallest absolute Gasteiger partial charge is 0.213 e. The second-order valence-electron chi connectivity index (χ2n) is 3.75. The van der Waals surface area contributed by atoms with Crippen molar-refractivity contribution in [2.24, 2.45) is 5.92 Å². The van der Waals surface area contributed by atoms with E-state index in [0.717, 1.165) is 23.2 Å². The predicted molar refractivity (Wildman–Crippen MR) is 61.6 cm³/mol. The summed E-state index contributed by atoms with van der Waals surface area (Å²) in [4.78, 5) is 4.30. The molecule has 14 heavy (non-hydrogen) atoms. The van der Waals surface area contributed by atoms with Crippen molar-refractivity contribution in [3.63, 3.8) is 0 Å². The molecule has 0 spiro atoms. The summed E-state index contributed by atoms with van der Waals surface area (Å²) in [5, 5.41) is 0. The van der Waals surface area contributed by atoms with E-state index in [1.807, 2.05) is 19.1 Å². The first-order valence-electron chi connectivity index (χ1n) is 4.85. The molecule has 0 saturated carbocycles. The molecular formula is C11H16BrNO. The summed E-state index contributed by atoms with van der Waals surface area (Å²) >= 11 is 3.40.